The number of nitrogens with one attached hydrogen (secondary N) is 2. The largest absolute Gasteiger partial charge is 0.347 e. The number of hydrogen-bond acceptors (Lipinski definition) is 3. The maximum Gasteiger partial charge on any atom is 0.237 e. The van der Waals surface area contributed by atoms with E-state index in [1.165, 1.54) is 11.3 Å². The molecule has 2 unspecified atom stereocenters. The van der Waals surface area contributed by atoms with Gasteiger partial charge in [0.2, 0.25) is 5.91 Å². The zero-order chi connectivity index (χ0) is 12.8. The highest BCUT2D eigenvalue weighted by Gasteiger charge is 2.23. The van der Waals surface area contributed by atoms with Crippen LogP contribution in [0.3, 0.4) is 0 Å². The number of carbonyl (C=O) groups excluding carboxylic acids is 1. The molecule has 18 heavy (non-hydrogen) atoms. The summed E-state index contributed by atoms with van der Waals surface area (Å²) in [5.74, 6) is 0.168. The van der Waals surface area contributed by atoms with E-state index in [0.29, 0.717) is 0 Å². The predicted molar refractivity (Wildman–Crippen MR) is 75.8 cm³/mol. The Hall–Kier alpha value is -0.870. The lowest BCUT2D eigenvalue weighted by atomic mass is 10.0. The van der Waals surface area contributed by atoms with E-state index in [-0.39, 0.29) is 18.0 Å². The molecule has 1 amide bonds. The van der Waals surface area contributed by atoms with Gasteiger partial charge in [-0.1, -0.05) is 25.8 Å². The van der Waals surface area contributed by atoms with E-state index in [4.69, 9.17) is 0 Å². The molecule has 0 aromatic carbocycles. The van der Waals surface area contributed by atoms with E-state index in [9.17, 15) is 4.79 Å². The second-order valence-corrected chi connectivity index (χ2v) is 5.85. The van der Waals surface area contributed by atoms with Gasteiger partial charge in [0.25, 0.3) is 0 Å². The molecule has 2 rings (SSSR count). The quantitative estimate of drug-likeness (QED) is 0.860. The Kier molecular flexibility index (Phi) is 5.20. The highest BCUT2D eigenvalue weighted by Crippen LogP contribution is 2.23. The first kappa shape index (κ1) is 13.6. The van der Waals surface area contributed by atoms with Crippen molar-refractivity contribution in [3.8, 4) is 0 Å². The molecule has 2 atom stereocenters. The number of amides is 1. The minimum Gasteiger partial charge on any atom is -0.347 e. The average Bonchev–Trinajstić information content (AvgIpc) is 2.93. The molecule has 1 saturated heterocycles. The Morgan fingerprint density at radius 3 is 3.11 bits per heavy atom. The van der Waals surface area contributed by atoms with Gasteiger partial charge in [-0.25, -0.2) is 0 Å². The van der Waals surface area contributed by atoms with Crippen molar-refractivity contribution in [1.29, 1.82) is 0 Å². The van der Waals surface area contributed by atoms with Gasteiger partial charge in [0.1, 0.15) is 0 Å². The third-order valence-corrected chi connectivity index (χ3v) is 4.39. The molecular formula is C14H22N2OS. The summed E-state index contributed by atoms with van der Waals surface area (Å²) in [4.78, 5) is 13.5. The first-order valence-electron chi connectivity index (χ1n) is 6.88. The van der Waals surface area contributed by atoms with Crippen LogP contribution in [0.25, 0.3) is 0 Å². The Labute approximate surface area is 113 Å². The van der Waals surface area contributed by atoms with Crippen LogP contribution in [0.2, 0.25) is 0 Å². The number of hydrogen-bond donors (Lipinski definition) is 2. The molecule has 0 radical (unpaired) electrons. The smallest absolute Gasteiger partial charge is 0.237 e. The van der Waals surface area contributed by atoms with Gasteiger partial charge >= 0.3 is 0 Å². The van der Waals surface area contributed by atoms with Crippen molar-refractivity contribution in [3.63, 3.8) is 0 Å². The van der Waals surface area contributed by atoms with E-state index < -0.39 is 0 Å². The molecule has 1 aromatic rings. The Bertz CT molecular complexity index is 358. The third-order valence-electron chi connectivity index (χ3n) is 3.41. The molecule has 1 aliphatic heterocycles. The van der Waals surface area contributed by atoms with E-state index >= 15 is 0 Å². The van der Waals surface area contributed by atoms with Crippen LogP contribution in [0.15, 0.2) is 17.5 Å². The fraction of sp³-hybridized carbons (Fsp3) is 0.643. The monoisotopic (exact) mass is 266 g/mol. The van der Waals surface area contributed by atoms with Crippen LogP contribution in [0.4, 0.5) is 0 Å². The molecule has 100 valence electrons. The molecule has 2 N–H and O–H groups in total. The van der Waals surface area contributed by atoms with E-state index in [1.807, 2.05) is 6.07 Å². The fourth-order valence-corrected chi connectivity index (χ4v) is 3.22. The summed E-state index contributed by atoms with van der Waals surface area (Å²) in [6.07, 6.45) is 5.41. The number of carbonyl (C=O) groups is 1. The lowest BCUT2D eigenvalue weighted by Crippen LogP contribution is -2.47. The maximum absolute atomic E-state index is 12.2. The SMILES string of the molecule is CCCC(NC(=O)C1CCCCN1)c1cccs1. The van der Waals surface area contributed by atoms with E-state index in [2.05, 4.69) is 29.0 Å². The molecule has 0 spiro atoms. The van der Waals surface area contributed by atoms with Crippen LogP contribution in [-0.4, -0.2) is 18.5 Å². The highest BCUT2D eigenvalue weighted by atomic mass is 32.1. The summed E-state index contributed by atoms with van der Waals surface area (Å²) in [6.45, 7) is 3.13. The van der Waals surface area contributed by atoms with Crippen molar-refractivity contribution in [3.05, 3.63) is 22.4 Å². The van der Waals surface area contributed by atoms with Gasteiger partial charge in [0, 0.05) is 4.88 Å². The van der Waals surface area contributed by atoms with Gasteiger partial charge in [-0.3, -0.25) is 4.79 Å². The van der Waals surface area contributed by atoms with Crippen LogP contribution in [0.1, 0.15) is 49.9 Å². The van der Waals surface area contributed by atoms with Crippen molar-refractivity contribution >= 4 is 17.2 Å². The highest BCUT2D eigenvalue weighted by molar-refractivity contribution is 7.10. The van der Waals surface area contributed by atoms with Crippen LogP contribution in [0.5, 0.6) is 0 Å². The zero-order valence-corrected chi connectivity index (χ0v) is 11.8. The van der Waals surface area contributed by atoms with Gasteiger partial charge in [-0.2, -0.15) is 0 Å². The second kappa shape index (κ2) is 6.90. The van der Waals surface area contributed by atoms with Crippen LogP contribution >= 0.6 is 11.3 Å². The summed E-state index contributed by atoms with van der Waals surface area (Å²) in [7, 11) is 0. The number of piperidine rings is 1. The minimum absolute atomic E-state index is 0.0121. The molecule has 1 fully saturated rings. The molecule has 2 heterocycles. The summed E-state index contributed by atoms with van der Waals surface area (Å²) < 4.78 is 0. The van der Waals surface area contributed by atoms with Crippen LogP contribution in [-0.2, 0) is 4.79 Å². The molecular weight excluding hydrogens is 244 g/mol. The van der Waals surface area contributed by atoms with Crippen molar-refractivity contribution < 1.29 is 4.79 Å². The molecule has 4 heteroatoms. The van der Waals surface area contributed by atoms with Crippen molar-refractivity contribution in [2.75, 3.05) is 6.54 Å². The fourth-order valence-electron chi connectivity index (χ4n) is 2.41. The van der Waals surface area contributed by atoms with Crippen molar-refractivity contribution in [2.24, 2.45) is 0 Å². The summed E-state index contributed by atoms with van der Waals surface area (Å²) in [5, 5.41) is 8.57. The van der Waals surface area contributed by atoms with Crippen LogP contribution < -0.4 is 10.6 Å². The molecule has 0 bridgehead atoms. The van der Waals surface area contributed by atoms with Gasteiger partial charge in [0.05, 0.1) is 12.1 Å². The van der Waals surface area contributed by atoms with Gasteiger partial charge < -0.3 is 10.6 Å². The molecule has 3 nitrogen and oxygen atoms in total. The van der Waals surface area contributed by atoms with Crippen molar-refractivity contribution in [2.45, 2.75) is 51.1 Å². The molecule has 1 aliphatic rings. The number of thiophene rings is 1. The second-order valence-electron chi connectivity index (χ2n) is 4.87. The zero-order valence-electron chi connectivity index (χ0n) is 10.9. The first-order chi connectivity index (χ1) is 8.81. The van der Waals surface area contributed by atoms with E-state index in [1.54, 1.807) is 11.3 Å². The maximum atomic E-state index is 12.2. The first-order valence-corrected chi connectivity index (χ1v) is 7.76. The summed E-state index contributed by atoms with van der Waals surface area (Å²) >= 11 is 1.72. The number of rotatable bonds is 5. The Morgan fingerprint density at radius 1 is 1.61 bits per heavy atom. The average molecular weight is 266 g/mol. The molecule has 0 saturated carbocycles. The standard InChI is InChI=1S/C14H22N2OS/c1-2-6-11(13-8-5-10-18-13)16-14(17)12-7-3-4-9-15-12/h5,8,10-12,15H,2-4,6-7,9H2,1H3,(H,16,17). The van der Waals surface area contributed by atoms with Crippen LogP contribution in [0, 0.1) is 0 Å². The predicted octanol–water partition coefficient (Wildman–Crippen LogP) is 2.85. The van der Waals surface area contributed by atoms with E-state index in [0.717, 1.165) is 32.2 Å². The van der Waals surface area contributed by atoms with Gasteiger partial charge in [-0.05, 0) is 37.3 Å². The summed E-state index contributed by atoms with van der Waals surface area (Å²) in [5.41, 5.74) is 0. The topological polar surface area (TPSA) is 41.1 Å². The minimum atomic E-state index is 0.0121. The lowest BCUT2D eigenvalue weighted by molar-refractivity contribution is -0.124. The Morgan fingerprint density at radius 2 is 2.50 bits per heavy atom. The third kappa shape index (κ3) is 3.56. The lowest BCUT2D eigenvalue weighted by Gasteiger charge is -2.25. The van der Waals surface area contributed by atoms with Crippen molar-refractivity contribution in [1.82, 2.24) is 10.6 Å². The summed E-state index contributed by atoms with van der Waals surface area (Å²) in [6, 6.07) is 4.36. The van der Waals surface area contributed by atoms with Gasteiger partial charge in [-0.15, -0.1) is 11.3 Å². The molecule has 0 aliphatic carbocycles. The Balaban J connectivity index is 1.93. The normalized spacial score (nSPS) is 21.5. The van der Waals surface area contributed by atoms with Gasteiger partial charge in [0.15, 0.2) is 0 Å². The molecule has 1 aromatic heterocycles.